The molecule has 2 aliphatic rings. The number of thiophene rings is 1. The van der Waals surface area contributed by atoms with Crippen molar-refractivity contribution in [2.45, 2.75) is 90.6 Å². The molecule has 10 aromatic heterocycles. The lowest BCUT2D eigenvalue weighted by atomic mass is 9.90. The molecule has 0 bridgehead atoms. The van der Waals surface area contributed by atoms with Crippen LogP contribution in [0.25, 0.3) is 102 Å². The van der Waals surface area contributed by atoms with Crippen molar-refractivity contribution in [3.63, 3.8) is 0 Å². The van der Waals surface area contributed by atoms with Crippen LogP contribution in [0.4, 0.5) is 11.5 Å². The Kier molecular flexibility index (Phi) is 19.2. The molecular weight excluding hydrogens is 1270 g/mol. The standard InChI is InChI=1S/C25H24N8O.C24H23N7O2.C22H20N8OS.7H2/c1-15-22(30-20(11-29-15)16-7-8-28-21(10-16)25(2,3)14-26)24-32-31-23(34-24)17-5-4-6-19(9-17)33-12-18(27)13-33;1-15-21(23-31-30-22(33-23)16-4-6-18(7-5-16)32-11-9-25)29-19(13-28-15)17-8-10-27-20(12-17)24(2,3)14-26;1-22(2,11-23)17-8-12(4-6-26-17)14-9-27-19(24)18(28-14)21-30-29-20(31-21)15-7-13-3-5-25-10-16(13)32-15;;;;;;;/h4-11,18H,12-13,27H2,1-3H3;4-8,10,12-13H,9,11,25H2,1-3H3;4,6-9,25H,3,5,10H2,1-2H3,(H2,24,27);7*1H. The third-order valence-electron chi connectivity index (χ3n) is 16.3. The van der Waals surface area contributed by atoms with E-state index in [9.17, 15) is 15.8 Å². The van der Waals surface area contributed by atoms with Crippen molar-refractivity contribution in [3.05, 3.63) is 167 Å². The highest BCUT2D eigenvalue weighted by Crippen LogP contribution is 2.37. The van der Waals surface area contributed by atoms with Gasteiger partial charge in [-0.15, -0.1) is 41.9 Å². The predicted octanol–water partition coefficient (Wildman–Crippen LogP) is 12.3. The van der Waals surface area contributed by atoms with Gasteiger partial charge in [0, 0.05) is 99.2 Å². The molecule has 2 aromatic carbocycles. The fourth-order valence-corrected chi connectivity index (χ4v) is 11.4. The summed E-state index contributed by atoms with van der Waals surface area (Å²) in [5, 5.41) is 56.9. The van der Waals surface area contributed by atoms with E-state index < -0.39 is 16.2 Å². The van der Waals surface area contributed by atoms with Crippen LogP contribution in [-0.4, -0.2) is 114 Å². The van der Waals surface area contributed by atoms with Crippen LogP contribution in [0.2, 0.25) is 0 Å². The number of aromatic nitrogens is 15. The first kappa shape index (κ1) is 67.0. The number of nitrogens with one attached hydrogen (secondary N) is 1. The lowest BCUT2D eigenvalue weighted by molar-refractivity contribution is 0.328. The Morgan fingerprint density at radius 2 is 1.05 bits per heavy atom. The number of fused-ring (bicyclic) bond motifs is 1. The molecule has 0 radical (unpaired) electrons. The smallest absolute Gasteiger partial charge is 0.270 e. The summed E-state index contributed by atoms with van der Waals surface area (Å²) in [7, 11) is 0. The molecule has 0 saturated carbocycles. The fraction of sp³-hybridized carbons (Fsp3) is 0.268. The number of benzene rings is 2. The van der Waals surface area contributed by atoms with E-state index in [-0.39, 0.29) is 33.6 Å². The van der Waals surface area contributed by atoms with Gasteiger partial charge in [-0.2, -0.15) is 15.8 Å². The van der Waals surface area contributed by atoms with Crippen LogP contribution in [0.15, 0.2) is 141 Å². The van der Waals surface area contributed by atoms with Gasteiger partial charge < -0.3 is 45.4 Å². The number of anilines is 2. The Morgan fingerprint density at radius 1 is 0.576 bits per heavy atom. The zero-order valence-corrected chi connectivity index (χ0v) is 56.2. The Bertz CT molecular complexity index is 5060. The molecule has 0 aliphatic carbocycles. The Labute approximate surface area is 583 Å². The molecule has 2 aliphatic heterocycles. The highest BCUT2D eigenvalue weighted by Gasteiger charge is 2.28. The molecule has 7 N–H and O–H groups in total. The number of aryl methyl sites for hydroxylation is 2. The number of nitrogens with zero attached hydrogens (tertiary/aromatic N) is 19. The lowest BCUT2D eigenvalue weighted by Gasteiger charge is -2.38. The zero-order valence-electron chi connectivity index (χ0n) is 55.4. The summed E-state index contributed by atoms with van der Waals surface area (Å²) in [6.45, 7) is 19.0. The molecule has 14 rings (SSSR count). The fourth-order valence-electron chi connectivity index (χ4n) is 10.3. The number of ether oxygens (including phenoxy) is 1. The van der Waals surface area contributed by atoms with Gasteiger partial charge in [0.05, 0.1) is 103 Å². The summed E-state index contributed by atoms with van der Waals surface area (Å²) in [4.78, 5) is 44.8. The number of nitriles is 3. The molecule has 0 amide bonds. The van der Waals surface area contributed by atoms with Crippen LogP contribution < -0.4 is 32.2 Å². The van der Waals surface area contributed by atoms with E-state index >= 15 is 0 Å². The number of nitrogens with two attached hydrogens (primary N) is 3. The summed E-state index contributed by atoms with van der Waals surface area (Å²) in [6.07, 6.45) is 10.9. The van der Waals surface area contributed by atoms with Gasteiger partial charge in [-0.1, -0.05) is 6.07 Å². The van der Waals surface area contributed by atoms with Crippen LogP contribution in [0, 0.1) is 47.8 Å². The Balaban J connectivity index is 0.000000276. The number of hydrogen-bond donors (Lipinski definition) is 4. The first-order valence-corrected chi connectivity index (χ1v) is 32.3. The molecule has 0 unspecified atom stereocenters. The molecule has 510 valence electrons. The summed E-state index contributed by atoms with van der Waals surface area (Å²) in [5.74, 6) is 2.91. The van der Waals surface area contributed by atoms with Gasteiger partial charge in [0.1, 0.15) is 23.7 Å². The molecule has 1 fully saturated rings. The first-order valence-electron chi connectivity index (χ1n) is 31.5. The minimum absolute atomic E-state index is 0. The summed E-state index contributed by atoms with van der Waals surface area (Å²) < 4.78 is 23.3. The second kappa shape index (κ2) is 28.4. The van der Waals surface area contributed by atoms with E-state index in [0.29, 0.717) is 99.3 Å². The Hall–Kier alpha value is -12.0. The van der Waals surface area contributed by atoms with Crippen molar-refractivity contribution in [2.75, 3.05) is 43.4 Å². The SMILES string of the molecule is CC(C)(C#N)c1cc(-c2cnc(N)c(-c3nnc(-c4cc5c(s4)CNCC5)o3)n2)ccn1.Cc1ncc(-c2ccnc(C(C)(C)C#N)c2)nc1-c1nnc(-c2ccc(OCCN)cc2)o1.Cc1ncc(-c2ccnc(C(C)(C)C#N)c2)nc1-c1nnc(-c2cccc(N3CC(N)C3)c2)o1.[HH].[HH].[HH].[HH].[HH].[HH].[HH]. The first-order chi connectivity index (χ1) is 47.7. The Morgan fingerprint density at radius 3 is 1.56 bits per heavy atom. The van der Waals surface area contributed by atoms with E-state index in [1.165, 1.54) is 10.4 Å². The van der Waals surface area contributed by atoms with Crippen molar-refractivity contribution < 1.29 is 28.0 Å². The van der Waals surface area contributed by atoms with Crippen LogP contribution in [0.1, 0.15) is 90.4 Å². The van der Waals surface area contributed by atoms with Crippen molar-refractivity contribution in [2.24, 2.45) is 11.5 Å². The number of pyridine rings is 3. The maximum absolute atomic E-state index is 9.46. The van der Waals surface area contributed by atoms with E-state index in [2.05, 4.69) is 100.0 Å². The van der Waals surface area contributed by atoms with E-state index in [1.807, 2.05) is 140 Å². The molecule has 1 saturated heterocycles. The summed E-state index contributed by atoms with van der Waals surface area (Å²) >= 11 is 1.65. The van der Waals surface area contributed by atoms with Crippen molar-refractivity contribution >= 4 is 22.8 Å². The number of hydrogen-bond acceptors (Lipinski definition) is 28. The van der Waals surface area contributed by atoms with E-state index in [4.69, 9.17) is 45.2 Å². The minimum atomic E-state index is -0.725. The third kappa shape index (κ3) is 14.9. The van der Waals surface area contributed by atoms with Crippen LogP contribution >= 0.6 is 11.3 Å². The average molecular weight is 1350 g/mol. The number of rotatable bonds is 16. The van der Waals surface area contributed by atoms with Crippen molar-refractivity contribution in [3.8, 4) is 126 Å². The minimum Gasteiger partial charge on any atom is -0.492 e. The summed E-state index contributed by atoms with van der Waals surface area (Å²) in [6, 6.07) is 35.5. The predicted molar refractivity (Wildman–Crippen MR) is 385 cm³/mol. The lowest BCUT2D eigenvalue weighted by Crippen LogP contribution is -2.55. The molecule has 12 heterocycles. The molecule has 99 heavy (non-hydrogen) atoms. The molecular formula is C71H81N23O4S. The normalized spacial score (nSPS) is 12.9. The number of nitrogen functional groups attached to an aromatic ring is 1. The van der Waals surface area contributed by atoms with Crippen molar-refractivity contribution in [1.29, 1.82) is 15.8 Å². The molecule has 27 nitrogen and oxygen atoms in total. The molecule has 12 aromatic rings. The van der Waals surface area contributed by atoms with Crippen LogP contribution in [0.5, 0.6) is 5.75 Å². The second-order valence-electron chi connectivity index (χ2n) is 25.0. The van der Waals surface area contributed by atoms with Gasteiger partial charge in [0.2, 0.25) is 11.8 Å². The van der Waals surface area contributed by atoms with Gasteiger partial charge in [0.25, 0.3) is 23.6 Å². The van der Waals surface area contributed by atoms with Gasteiger partial charge >= 0.3 is 0 Å². The second-order valence-corrected chi connectivity index (χ2v) is 26.1. The zero-order chi connectivity index (χ0) is 69.6. The van der Waals surface area contributed by atoms with Gasteiger partial charge in [-0.3, -0.25) is 24.9 Å². The maximum Gasteiger partial charge on any atom is 0.270 e. The third-order valence-corrected chi connectivity index (χ3v) is 17.5. The van der Waals surface area contributed by atoms with Gasteiger partial charge in [-0.25, -0.2) is 19.9 Å². The average Bonchev–Trinajstić information content (AvgIpc) is 1.37. The largest absolute Gasteiger partial charge is 0.492 e. The van der Waals surface area contributed by atoms with E-state index in [1.54, 1.807) is 48.5 Å². The highest BCUT2D eigenvalue weighted by atomic mass is 32.1. The summed E-state index contributed by atoms with van der Waals surface area (Å²) in [5.41, 5.74) is 28.1. The topological polar surface area (TPSA) is 407 Å². The monoisotopic (exact) mass is 1350 g/mol. The van der Waals surface area contributed by atoms with Crippen LogP contribution in [-0.2, 0) is 29.2 Å². The van der Waals surface area contributed by atoms with E-state index in [0.717, 1.165) is 76.7 Å². The van der Waals surface area contributed by atoms with Crippen LogP contribution in [0.3, 0.4) is 0 Å². The van der Waals surface area contributed by atoms with Crippen molar-refractivity contribution in [1.82, 2.24) is 80.8 Å². The van der Waals surface area contributed by atoms with Gasteiger partial charge in [-0.05, 0) is 159 Å². The molecule has 0 atom stereocenters. The molecule has 0 spiro atoms. The van der Waals surface area contributed by atoms with Gasteiger partial charge in [0.15, 0.2) is 11.5 Å². The molecule has 28 heteroatoms. The highest BCUT2D eigenvalue weighted by molar-refractivity contribution is 7.15. The quantitative estimate of drug-likeness (QED) is 0.0698. The maximum atomic E-state index is 9.46.